The van der Waals surface area contributed by atoms with Crippen LogP contribution in [-0.2, 0) is 9.84 Å². The second-order valence-electron chi connectivity index (χ2n) is 3.97. The van der Waals surface area contributed by atoms with Crippen molar-refractivity contribution < 1.29 is 13.2 Å². The van der Waals surface area contributed by atoms with E-state index < -0.39 is 9.84 Å². The average molecular weight is 257 g/mol. The van der Waals surface area contributed by atoms with Crippen LogP contribution in [-0.4, -0.2) is 27.3 Å². The van der Waals surface area contributed by atoms with Crippen LogP contribution in [0.5, 0.6) is 5.75 Å². The Morgan fingerprint density at radius 3 is 2.29 bits per heavy atom. The third-order valence-corrected chi connectivity index (χ3v) is 3.63. The van der Waals surface area contributed by atoms with Gasteiger partial charge in [0.2, 0.25) is 0 Å². The molecule has 0 saturated carbocycles. The molecule has 0 aliphatic rings. The number of sulfone groups is 1. The molecule has 0 heterocycles. The molecular weight excluding hydrogens is 238 g/mol. The van der Waals surface area contributed by atoms with Gasteiger partial charge in [0.25, 0.3) is 0 Å². The standard InChI is InChI=1S/C12H19NO3S/c1-3-10(8-9-13)16-11-4-6-12(7-5-11)17(2,14)15/h4-7,10H,3,8-9,13H2,1-2H3. The van der Waals surface area contributed by atoms with Gasteiger partial charge in [0, 0.05) is 6.26 Å². The maximum absolute atomic E-state index is 11.3. The lowest BCUT2D eigenvalue weighted by molar-refractivity contribution is 0.189. The van der Waals surface area contributed by atoms with E-state index in [9.17, 15) is 8.42 Å². The molecule has 0 fully saturated rings. The molecule has 0 bridgehead atoms. The van der Waals surface area contributed by atoms with Gasteiger partial charge in [0.05, 0.1) is 11.0 Å². The minimum Gasteiger partial charge on any atom is -0.490 e. The lowest BCUT2D eigenvalue weighted by Crippen LogP contribution is -2.19. The van der Waals surface area contributed by atoms with Crippen molar-refractivity contribution >= 4 is 9.84 Å². The van der Waals surface area contributed by atoms with Gasteiger partial charge in [-0.15, -0.1) is 0 Å². The fraction of sp³-hybridized carbons (Fsp3) is 0.500. The Bertz CT molecular complexity index is 439. The van der Waals surface area contributed by atoms with Gasteiger partial charge in [-0.25, -0.2) is 8.42 Å². The molecule has 17 heavy (non-hydrogen) atoms. The molecule has 0 aliphatic heterocycles. The summed E-state index contributed by atoms with van der Waals surface area (Å²) < 4.78 is 28.2. The highest BCUT2D eigenvalue weighted by atomic mass is 32.2. The monoisotopic (exact) mass is 257 g/mol. The quantitative estimate of drug-likeness (QED) is 0.840. The second-order valence-corrected chi connectivity index (χ2v) is 5.98. The zero-order chi connectivity index (χ0) is 12.9. The summed E-state index contributed by atoms with van der Waals surface area (Å²) in [7, 11) is -3.14. The molecule has 2 N–H and O–H groups in total. The predicted molar refractivity (Wildman–Crippen MR) is 67.9 cm³/mol. The highest BCUT2D eigenvalue weighted by molar-refractivity contribution is 7.90. The van der Waals surface area contributed by atoms with Crippen LogP contribution in [0.1, 0.15) is 19.8 Å². The van der Waals surface area contributed by atoms with Crippen LogP contribution < -0.4 is 10.5 Å². The number of hydrogen-bond acceptors (Lipinski definition) is 4. The van der Waals surface area contributed by atoms with Crippen molar-refractivity contribution in [2.24, 2.45) is 5.73 Å². The Labute approximate surface area is 103 Å². The topological polar surface area (TPSA) is 69.4 Å². The summed E-state index contributed by atoms with van der Waals surface area (Å²) in [6.45, 7) is 2.62. The van der Waals surface area contributed by atoms with Crippen LogP contribution in [0.4, 0.5) is 0 Å². The highest BCUT2D eigenvalue weighted by Crippen LogP contribution is 2.18. The number of ether oxygens (including phenoxy) is 1. The van der Waals surface area contributed by atoms with Gasteiger partial charge in [-0.2, -0.15) is 0 Å². The van der Waals surface area contributed by atoms with E-state index in [1.54, 1.807) is 24.3 Å². The summed E-state index contributed by atoms with van der Waals surface area (Å²) >= 11 is 0. The average Bonchev–Trinajstić information content (AvgIpc) is 2.28. The van der Waals surface area contributed by atoms with E-state index in [-0.39, 0.29) is 6.10 Å². The molecule has 0 aromatic heterocycles. The summed E-state index contributed by atoms with van der Waals surface area (Å²) in [6, 6.07) is 6.46. The Morgan fingerprint density at radius 1 is 1.29 bits per heavy atom. The summed E-state index contributed by atoms with van der Waals surface area (Å²) in [6.07, 6.45) is 2.95. The van der Waals surface area contributed by atoms with E-state index in [4.69, 9.17) is 10.5 Å². The Morgan fingerprint density at radius 2 is 1.88 bits per heavy atom. The van der Waals surface area contributed by atoms with Crippen molar-refractivity contribution in [2.75, 3.05) is 12.8 Å². The summed E-state index contributed by atoms with van der Waals surface area (Å²) in [5, 5.41) is 0. The van der Waals surface area contributed by atoms with Gasteiger partial charge in [0.1, 0.15) is 5.75 Å². The molecule has 5 heteroatoms. The zero-order valence-electron chi connectivity index (χ0n) is 10.2. The molecule has 0 radical (unpaired) electrons. The molecule has 1 aromatic rings. The van der Waals surface area contributed by atoms with Crippen LogP contribution >= 0.6 is 0 Å². The third-order valence-electron chi connectivity index (χ3n) is 2.50. The van der Waals surface area contributed by atoms with Gasteiger partial charge in [-0.1, -0.05) is 6.92 Å². The van der Waals surface area contributed by atoms with Crippen molar-refractivity contribution in [3.05, 3.63) is 24.3 Å². The van der Waals surface area contributed by atoms with E-state index >= 15 is 0 Å². The van der Waals surface area contributed by atoms with Crippen molar-refractivity contribution in [1.29, 1.82) is 0 Å². The van der Waals surface area contributed by atoms with Gasteiger partial charge in [-0.05, 0) is 43.7 Å². The first-order chi connectivity index (χ1) is 7.97. The van der Waals surface area contributed by atoms with Crippen molar-refractivity contribution in [3.63, 3.8) is 0 Å². The summed E-state index contributed by atoms with van der Waals surface area (Å²) in [4.78, 5) is 0.303. The van der Waals surface area contributed by atoms with E-state index in [1.165, 1.54) is 6.26 Å². The molecule has 4 nitrogen and oxygen atoms in total. The second kappa shape index (κ2) is 6.02. The van der Waals surface area contributed by atoms with Crippen LogP contribution in [0.2, 0.25) is 0 Å². The number of benzene rings is 1. The first kappa shape index (κ1) is 14.0. The number of rotatable bonds is 6. The Kier molecular flexibility index (Phi) is 4.96. The first-order valence-corrected chi connectivity index (χ1v) is 7.53. The van der Waals surface area contributed by atoms with Gasteiger partial charge < -0.3 is 10.5 Å². The fourth-order valence-electron chi connectivity index (χ4n) is 1.49. The van der Waals surface area contributed by atoms with Crippen LogP contribution in [0, 0.1) is 0 Å². The summed E-state index contributed by atoms with van der Waals surface area (Å²) in [5.41, 5.74) is 5.48. The molecule has 1 atom stereocenters. The minimum absolute atomic E-state index is 0.0871. The number of nitrogens with two attached hydrogens (primary N) is 1. The van der Waals surface area contributed by atoms with E-state index in [0.29, 0.717) is 17.2 Å². The largest absolute Gasteiger partial charge is 0.490 e. The molecule has 0 saturated heterocycles. The maximum Gasteiger partial charge on any atom is 0.175 e. The maximum atomic E-state index is 11.3. The van der Waals surface area contributed by atoms with Crippen LogP contribution in [0.25, 0.3) is 0 Å². The Balaban J connectivity index is 2.74. The van der Waals surface area contributed by atoms with Gasteiger partial charge >= 0.3 is 0 Å². The lowest BCUT2D eigenvalue weighted by Gasteiger charge is -2.16. The third kappa shape index (κ3) is 4.36. The number of hydrogen-bond donors (Lipinski definition) is 1. The van der Waals surface area contributed by atoms with Crippen LogP contribution in [0.3, 0.4) is 0 Å². The molecular formula is C12H19NO3S. The minimum atomic E-state index is -3.14. The summed E-state index contributed by atoms with van der Waals surface area (Å²) in [5.74, 6) is 0.678. The zero-order valence-corrected chi connectivity index (χ0v) is 11.0. The molecule has 1 aromatic carbocycles. The normalized spacial score (nSPS) is 13.4. The molecule has 0 amide bonds. The smallest absolute Gasteiger partial charge is 0.175 e. The van der Waals surface area contributed by atoms with Gasteiger partial charge in [-0.3, -0.25) is 0 Å². The molecule has 1 unspecified atom stereocenters. The van der Waals surface area contributed by atoms with E-state index in [1.807, 2.05) is 6.92 Å². The van der Waals surface area contributed by atoms with Gasteiger partial charge in [0.15, 0.2) is 9.84 Å². The first-order valence-electron chi connectivity index (χ1n) is 5.64. The molecule has 0 spiro atoms. The SMILES string of the molecule is CCC(CCN)Oc1ccc(S(C)(=O)=O)cc1. The highest BCUT2D eigenvalue weighted by Gasteiger charge is 2.09. The lowest BCUT2D eigenvalue weighted by atomic mass is 10.2. The van der Waals surface area contributed by atoms with E-state index in [0.717, 1.165) is 12.8 Å². The van der Waals surface area contributed by atoms with Crippen molar-refractivity contribution in [1.82, 2.24) is 0 Å². The van der Waals surface area contributed by atoms with Crippen molar-refractivity contribution in [3.8, 4) is 5.75 Å². The molecule has 0 aliphatic carbocycles. The fourth-order valence-corrected chi connectivity index (χ4v) is 2.12. The Hall–Kier alpha value is -1.07. The van der Waals surface area contributed by atoms with Crippen molar-refractivity contribution in [2.45, 2.75) is 30.8 Å². The molecule has 1 rings (SSSR count). The molecule has 96 valence electrons. The van der Waals surface area contributed by atoms with Crippen LogP contribution in [0.15, 0.2) is 29.2 Å². The predicted octanol–water partition coefficient (Wildman–Crippen LogP) is 1.60. The van der Waals surface area contributed by atoms with E-state index in [2.05, 4.69) is 0 Å².